The van der Waals surface area contributed by atoms with E-state index < -0.39 is 0 Å². The number of hydrogen-bond acceptors (Lipinski definition) is 3. The molecule has 0 aromatic carbocycles. The summed E-state index contributed by atoms with van der Waals surface area (Å²) in [5.74, 6) is 2.66. The SMILES string of the molecule is CC1(C)CCSCC1NCCC(=O)NC1CC1. The second-order valence-corrected chi connectivity index (χ2v) is 7.06. The monoisotopic (exact) mass is 256 g/mol. The number of nitrogens with one attached hydrogen (secondary N) is 2. The Morgan fingerprint density at radius 1 is 1.41 bits per heavy atom. The molecule has 17 heavy (non-hydrogen) atoms. The molecule has 0 spiro atoms. The van der Waals surface area contributed by atoms with Gasteiger partial charge in [0.1, 0.15) is 0 Å². The average Bonchev–Trinajstić information content (AvgIpc) is 3.04. The van der Waals surface area contributed by atoms with Crippen LogP contribution in [0.5, 0.6) is 0 Å². The van der Waals surface area contributed by atoms with Gasteiger partial charge in [0.25, 0.3) is 0 Å². The summed E-state index contributed by atoms with van der Waals surface area (Å²) in [6, 6.07) is 1.04. The summed E-state index contributed by atoms with van der Waals surface area (Å²) >= 11 is 2.02. The van der Waals surface area contributed by atoms with Crippen molar-refractivity contribution in [1.82, 2.24) is 10.6 Å². The molecule has 3 nitrogen and oxygen atoms in total. The normalized spacial score (nSPS) is 27.8. The maximum absolute atomic E-state index is 11.5. The minimum atomic E-state index is 0.210. The Morgan fingerprint density at radius 3 is 2.82 bits per heavy atom. The lowest BCUT2D eigenvalue weighted by atomic mass is 9.82. The Kier molecular flexibility index (Phi) is 4.36. The first-order valence-corrected chi connectivity index (χ1v) is 7.84. The summed E-state index contributed by atoms with van der Waals surface area (Å²) in [6.45, 7) is 5.47. The molecule has 0 aromatic rings. The summed E-state index contributed by atoms with van der Waals surface area (Å²) in [4.78, 5) is 11.5. The van der Waals surface area contributed by atoms with Gasteiger partial charge < -0.3 is 10.6 Å². The molecule has 2 rings (SSSR count). The van der Waals surface area contributed by atoms with E-state index in [1.807, 2.05) is 11.8 Å². The third kappa shape index (κ3) is 4.18. The van der Waals surface area contributed by atoms with Gasteiger partial charge in [-0.15, -0.1) is 0 Å². The van der Waals surface area contributed by atoms with Gasteiger partial charge in [0, 0.05) is 30.8 Å². The molecule has 1 saturated heterocycles. The quantitative estimate of drug-likeness (QED) is 0.788. The molecule has 98 valence electrons. The van der Waals surface area contributed by atoms with Gasteiger partial charge in [0.2, 0.25) is 5.91 Å². The Labute approximate surface area is 108 Å². The zero-order valence-electron chi connectivity index (χ0n) is 10.9. The predicted molar refractivity (Wildman–Crippen MR) is 73.3 cm³/mol. The second kappa shape index (κ2) is 5.61. The average molecular weight is 256 g/mol. The fraction of sp³-hybridized carbons (Fsp3) is 0.923. The third-order valence-corrected chi connectivity index (χ3v) is 4.87. The minimum absolute atomic E-state index is 0.210. The van der Waals surface area contributed by atoms with Crippen molar-refractivity contribution in [2.75, 3.05) is 18.1 Å². The van der Waals surface area contributed by atoms with Crippen LogP contribution in [0.4, 0.5) is 0 Å². The minimum Gasteiger partial charge on any atom is -0.353 e. The van der Waals surface area contributed by atoms with Gasteiger partial charge in [-0.2, -0.15) is 11.8 Å². The highest BCUT2D eigenvalue weighted by Gasteiger charge is 2.32. The Bertz CT molecular complexity index is 277. The summed E-state index contributed by atoms with van der Waals surface area (Å²) in [6.07, 6.45) is 4.23. The molecule has 2 fully saturated rings. The first kappa shape index (κ1) is 13.2. The molecule has 1 saturated carbocycles. The molecule has 4 heteroatoms. The van der Waals surface area contributed by atoms with E-state index in [1.165, 1.54) is 30.8 Å². The van der Waals surface area contributed by atoms with Crippen molar-refractivity contribution >= 4 is 17.7 Å². The number of thioether (sulfide) groups is 1. The first-order chi connectivity index (χ1) is 8.08. The van der Waals surface area contributed by atoms with E-state index >= 15 is 0 Å². The molecule has 1 atom stereocenters. The number of rotatable bonds is 5. The van der Waals surface area contributed by atoms with Gasteiger partial charge in [0.15, 0.2) is 0 Å². The highest BCUT2D eigenvalue weighted by atomic mass is 32.2. The topological polar surface area (TPSA) is 41.1 Å². The molecule has 0 radical (unpaired) electrons. The van der Waals surface area contributed by atoms with Crippen LogP contribution in [0.15, 0.2) is 0 Å². The summed E-state index contributed by atoms with van der Waals surface area (Å²) in [5, 5.41) is 6.58. The molecule has 0 bridgehead atoms. The molecule has 1 unspecified atom stereocenters. The Hall–Kier alpha value is -0.220. The fourth-order valence-corrected chi connectivity index (χ4v) is 3.80. The van der Waals surface area contributed by atoms with Crippen LogP contribution in [-0.4, -0.2) is 36.0 Å². The van der Waals surface area contributed by atoms with E-state index in [2.05, 4.69) is 24.5 Å². The number of carbonyl (C=O) groups is 1. The number of amides is 1. The van der Waals surface area contributed by atoms with Crippen LogP contribution >= 0.6 is 11.8 Å². The largest absolute Gasteiger partial charge is 0.353 e. The lowest BCUT2D eigenvalue weighted by Crippen LogP contribution is -2.47. The van der Waals surface area contributed by atoms with Gasteiger partial charge in [-0.1, -0.05) is 13.8 Å². The molecule has 1 aliphatic carbocycles. The summed E-state index contributed by atoms with van der Waals surface area (Å²) in [7, 11) is 0. The fourth-order valence-electron chi connectivity index (χ4n) is 2.16. The number of carbonyl (C=O) groups excluding carboxylic acids is 1. The second-order valence-electron chi connectivity index (χ2n) is 5.91. The van der Waals surface area contributed by atoms with E-state index in [0.29, 0.717) is 23.9 Å². The van der Waals surface area contributed by atoms with Crippen molar-refractivity contribution in [2.24, 2.45) is 5.41 Å². The van der Waals surface area contributed by atoms with Crippen LogP contribution in [0, 0.1) is 5.41 Å². The standard InChI is InChI=1S/C13H24N2OS/c1-13(2)6-8-17-9-11(13)14-7-5-12(16)15-10-3-4-10/h10-11,14H,3-9H2,1-2H3,(H,15,16). The van der Waals surface area contributed by atoms with Gasteiger partial charge in [-0.3, -0.25) is 4.79 Å². The van der Waals surface area contributed by atoms with Crippen molar-refractivity contribution in [3.8, 4) is 0 Å². The van der Waals surface area contributed by atoms with E-state index in [1.54, 1.807) is 0 Å². The van der Waals surface area contributed by atoms with Crippen LogP contribution in [0.3, 0.4) is 0 Å². The van der Waals surface area contributed by atoms with E-state index in [4.69, 9.17) is 0 Å². The molecular weight excluding hydrogens is 232 g/mol. The van der Waals surface area contributed by atoms with Gasteiger partial charge in [-0.05, 0) is 30.4 Å². The highest BCUT2D eigenvalue weighted by molar-refractivity contribution is 7.99. The first-order valence-electron chi connectivity index (χ1n) is 6.68. The molecule has 2 aliphatic rings. The van der Waals surface area contributed by atoms with E-state index in [9.17, 15) is 4.79 Å². The van der Waals surface area contributed by atoms with Crippen molar-refractivity contribution in [1.29, 1.82) is 0 Å². The zero-order valence-corrected chi connectivity index (χ0v) is 11.7. The molecule has 0 aromatic heterocycles. The maximum Gasteiger partial charge on any atom is 0.221 e. The third-order valence-electron chi connectivity index (χ3n) is 3.80. The highest BCUT2D eigenvalue weighted by Crippen LogP contribution is 2.34. The van der Waals surface area contributed by atoms with Gasteiger partial charge >= 0.3 is 0 Å². The molecule has 1 amide bonds. The lowest BCUT2D eigenvalue weighted by Gasteiger charge is -2.38. The molecule has 2 N–H and O–H groups in total. The Balaban J connectivity index is 1.64. The molecule has 1 aliphatic heterocycles. The molecular formula is C13H24N2OS. The smallest absolute Gasteiger partial charge is 0.221 e. The van der Waals surface area contributed by atoms with Crippen LogP contribution in [-0.2, 0) is 4.79 Å². The van der Waals surface area contributed by atoms with E-state index in [0.717, 1.165) is 6.54 Å². The predicted octanol–water partition coefficient (Wildman–Crippen LogP) is 1.78. The van der Waals surface area contributed by atoms with Crippen molar-refractivity contribution in [3.63, 3.8) is 0 Å². The number of hydrogen-bond donors (Lipinski definition) is 2. The summed E-state index contributed by atoms with van der Waals surface area (Å²) in [5.41, 5.74) is 0.373. The van der Waals surface area contributed by atoms with Crippen LogP contribution in [0.1, 0.15) is 39.5 Å². The molecule has 1 heterocycles. The van der Waals surface area contributed by atoms with Crippen molar-refractivity contribution < 1.29 is 4.79 Å². The van der Waals surface area contributed by atoms with Gasteiger partial charge in [0.05, 0.1) is 0 Å². The summed E-state index contributed by atoms with van der Waals surface area (Å²) < 4.78 is 0. The van der Waals surface area contributed by atoms with Crippen LogP contribution in [0.2, 0.25) is 0 Å². The zero-order chi connectivity index (χ0) is 12.3. The van der Waals surface area contributed by atoms with Crippen LogP contribution < -0.4 is 10.6 Å². The van der Waals surface area contributed by atoms with Gasteiger partial charge in [-0.25, -0.2) is 0 Å². The van der Waals surface area contributed by atoms with E-state index in [-0.39, 0.29) is 5.91 Å². The van der Waals surface area contributed by atoms with Crippen molar-refractivity contribution in [2.45, 2.75) is 51.6 Å². The van der Waals surface area contributed by atoms with Crippen LogP contribution in [0.25, 0.3) is 0 Å². The van der Waals surface area contributed by atoms with Crippen molar-refractivity contribution in [3.05, 3.63) is 0 Å². The Morgan fingerprint density at radius 2 is 2.18 bits per heavy atom. The maximum atomic E-state index is 11.5. The lowest BCUT2D eigenvalue weighted by molar-refractivity contribution is -0.121.